The van der Waals surface area contributed by atoms with E-state index in [0.29, 0.717) is 0 Å². The summed E-state index contributed by atoms with van der Waals surface area (Å²) in [4.78, 5) is 15.2. The number of aryl methyl sites for hydroxylation is 1. The number of benzene rings is 3. The fourth-order valence-electron chi connectivity index (χ4n) is 4.24. The fourth-order valence-corrected chi connectivity index (χ4v) is 4.24. The van der Waals surface area contributed by atoms with Crippen LogP contribution in [0.1, 0.15) is 54.2 Å². The summed E-state index contributed by atoms with van der Waals surface area (Å²) in [5.41, 5.74) is 5.40. The minimum atomic E-state index is 0.0629. The minimum absolute atomic E-state index is 0.0629. The van der Waals surface area contributed by atoms with Crippen molar-refractivity contribution in [1.29, 1.82) is 0 Å². The molecule has 0 radical (unpaired) electrons. The van der Waals surface area contributed by atoms with Crippen LogP contribution in [0.3, 0.4) is 0 Å². The van der Waals surface area contributed by atoms with Crippen molar-refractivity contribution in [3.8, 4) is 0 Å². The second-order valence-electron chi connectivity index (χ2n) is 7.83. The van der Waals surface area contributed by atoms with Gasteiger partial charge in [-0.05, 0) is 61.2 Å². The highest BCUT2D eigenvalue weighted by molar-refractivity contribution is 6.07. The van der Waals surface area contributed by atoms with Crippen molar-refractivity contribution < 1.29 is 4.79 Å². The third-order valence-electron chi connectivity index (χ3n) is 5.66. The molecular formula is C26H28N2O. The largest absolute Gasteiger partial charge is 0.378 e. The highest BCUT2D eigenvalue weighted by Gasteiger charge is 2.33. The molecule has 1 amide bonds. The molecule has 148 valence electrons. The highest BCUT2D eigenvalue weighted by Crippen LogP contribution is 2.39. The van der Waals surface area contributed by atoms with Crippen LogP contribution in [0.5, 0.6) is 0 Å². The van der Waals surface area contributed by atoms with Crippen molar-refractivity contribution in [2.24, 2.45) is 0 Å². The van der Waals surface area contributed by atoms with Crippen LogP contribution in [0.4, 0.5) is 11.4 Å². The van der Waals surface area contributed by atoms with Crippen LogP contribution in [-0.2, 0) is 6.42 Å². The first-order chi connectivity index (χ1) is 14.2. The Bertz CT molecular complexity index is 966. The van der Waals surface area contributed by atoms with Crippen molar-refractivity contribution in [3.63, 3.8) is 0 Å². The van der Waals surface area contributed by atoms with E-state index in [0.717, 1.165) is 36.2 Å². The monoisotopic (exact) mass is 384 g/mol. The van der Waals surface area contributed by atoms with Crippen molar-refractivity contribution in [2.75, 3.05) is 10.2 Å². The molecule has 2 atom stereocenters. The van der Waals surface area contributed by atoms with Crippen molar-refractivity contribution in [1.82, 2.24) is 0 Å². The first-order valence-electron chi connectivity index (χ1n) is 10.5. The second kappa shape index (κ2) is 8.52. The van der Waals surface area contributed by atoms with Crippen LogP contribution in [0.2, 0.25) is 0 Å². The lowest BCUT2D eigenvalue weighted by Crippen LogP contribution is -2.44. The van der Waals surface area contributed by atoms with E-state index in [1.54, 1.807) is 0 Å². The summed E-state index contributed by atoms with van der Waals surface area (Å²) in [6.07, 6.45) is 3.14. The van der Waals surface area contributed by atoms with Gasteiger partial charge in [-0.1, -0.05) is 61.9 Å². The molecule has 2 unspecified atom stereocenters. The third kappa shape index (κ3) is 4.04. The van der Waals surface area contributed by atoms with Crippen LogP contribution in [0.25, 0.3) is 0 Å². The number of nitrogens with one attached hydrogen (secondary N) is 1. The van der Waals surface area contributed by atoms with Gasteiger partial charge < -0.3 is 10.2 Å². The summed E-state index contributed by atoms with van der Waals surface area (Å²) in [6, 6.07) is 26.8. The van der Waals surface area contributed by atoms with Crippen LogP contribution >= 0.6 is 0 Å². The van der Waals surface area contributed by atoms with E-state index in [2.05, 4.69) is 61.6 Å². The number of rotatable bonds is 5. The molecule has 0 saturated carbocycles. The number of carbonyl (C=O) groups excluding carboxylic acids is 1. The second-order valence-corrected chi connectivity index (χ2v) is 7.83. The first-order valence-corrected chi connectivity index (χ1v) is 10.5. The Balaban J connectivity index is 1.62. The average Bonchev–Trinajstić information content (AvgIpc) is 2.76. The van der Waals surface area contributed by atoms with E-state index >= 15 is 0 Å². The van der Waals surface area contributed by atoms with Gasteiger partial charge in [0, 0.05) is 23.0 Å². The highest BCUT2D eigenvalue weighted by atomic mass is 16.2. The van der Waals surface area contributed by atoms with Crippen molar-refractivity contribution >= 4 is 17.3 Å². The normalized spacial score (nSPS) is 18.2. The molecule has 1 N–H and O–H groups in total. The summed E-state index contributed by atoms with van der Waals surface area (Å²) in [5, 5.41) is 3.70. The molecule has 3 heteroatoms. The average molecular weight is 385 g/mol. The van der Waals surface area contributed by atoms with Crippen LogP contribution < -0.4 is 10.2 Å². The first kappa shape index (κ1) is 19.3. The molecule has 1 aliphatic rings. The van der Waals surface area contributed by atoms with E-state index in [1.807, 2.05) is 41.3 Å². The van der Waals surface area contributed by atoms with Gasteiger partial charge in [0.05, 0.1) is 6.04 Å². The summed E-state index contributed by atoms with van der Waals surface area (Å²) in [6.45, 7) is 4.34. The van der Waals surface area contributed by atoms with E-state index < -0.39 is 0 Å². The summed E-state index contributed by atoms with van der Waals surface area (Å²) in [5.74, 6) is 0.0629. The van der Waals surface area contributed by atoms with Gasteiger partial charge in [-0.2, -0.15) is 0 Å². The van der Waals surface area contributed by atoms with Gasteiger partial charge in [0.1, 0.15) is 0 Å². The minimum Gasteiger partial charge on any atom is -0.378 e. The Morgan fingerprint density at radius 2 is 1.66 bits per heavy atom. The number of amides is 1. The van der Waals surface area contributed by atoms with E-state index in [1.165, 1.54) is 11.1 Å². The zero-order valence-electron chi connectivity index (χ0n) is 17.1. The molecule has 0 spiro atoms. The van der Waals surface area contributed by atoms with Crippen LogP contribution in [0.15, 0.2) is 78.9 Å². The standard InChI is InChI=1S/C26H28N2O/c1-3-9-20-14-16-22(17-15-20)27-24-18-19(2)28(25-13-8-7-12-23(24)25)26(29)21-10-5-4-6-11-21/h4-8,10-17,19,24,27H,3,9,18H2,1-2H3. The Labute approximate surface area is 173 Å². The molecule has 3 nitrogen and oxygen atoms in total. The molecular weight excluding hydrogens is 356 g/mol. The Morgan fingerprint density at radius 3 is 2.38 bits per heavy atom. The number of hydrogen-bond acceptors (Lipinski definition) is 2. The fraction of sp³-hybridized carbons (Fsp3) is 0.269. The Morgan fingerprint density at radius 1 is 0.966 bits per heavy atom. The molecule has 0 aromatic heterocycles. The van der Waals surface area contributed by atoms with E-state index in [4.69, 9.17) is 0 Å². The maximum Gasteiger partial charge on any atom is 0.258 e. The van der Waals surface area contributed by atoms with Gasteiger partial charge in [0.25, 0.3) is 5.91 Å². The number of anilines is 2. The Hall–Kier alpha value is -3.07. The molecule has 4 rings (SSSR count). The zero-order chi connectivity index (χ0) is 20.2. The topological polar surface area (TPSA) is 32.3 Å². The molecule has 3 aromatic rings. The van der Waals surface area contributed by atoms with Gasteiger partial charge in [0.15, 0.2) is 0 Å². The Kier molecular flexibility index (Phi) is 5.66. The lowest BCUT2D eigenvalue weighted by Gasteiger charge is -2.40. The van der Waals surface area contributed by atoms with Crippen molar-refractivity contribution in [2.45, 2.75) is 45.2 Å². The van der Waals surface area contributed by atoms with E-state index in [9.17, 15) is 4.79 Å². The van der Waals surface area contributed by atoms with Crippen molar-refractivity contribution in [3.05, 3.63) is 95.6 Å². The van der Waals surface area contributed by atoms with Gasteiger partial charge >= 0.3 is 0 Å². The number of para-hydroxylation sites is 1. The number of carbonyl (C=O) groups is 1. The van der Waals surface area contributed by atoms with Crippen LogP contribution in [-0.4, -0.2) is 11.9 Å². The number of hydrogen-bond donors (Lipinski definition) is 1. The predicted octanol–water partition coefficient (Wildman–Crippen LogP) is 6.23. The number of fused-ring (bicyclic) bond motifs is 1. The van der Waals surface area contributed by atoms with Gasteiger partial charge in [0.2, 0.25) is 0 Å². The van der Waals surface area contributed by atoms with Gasteiger partial charge in [-0.15, -0.1) is 0 Å². The molecule has 1 heterocycles. The third-order valence-corrected chi connectivity index (χ3v) is 5.66. The van der Waals surface area contributed by atoms with E-state index in [-0.39, 0.29) is 18.0 Å². The summed E-state index contributed by atoms with van der Waals surface area (Å²) >= 11 is 0. The molecule has 1 aliphatic heterocycles. The van der Waals surface area contributed by atoms with Crippen LogP contribution in [0, 0.1) is 0 Å². The quantitative estimate of drug-likeness (QED) is 0.565. The summed E-state index contributed by atoms with van der Waals surface area (Å²) < 4.78 is 0. The maximum absolute atomic E-state index is 13.2. The predicted molar refractivity (Wildman–Crippen MR) is 121 cm³/mol. The van der Waals surface area contributed by atoms with Gasteiger partial charge in [-0.25, -0.2) is 0 Å². The molecule has 0 bridgehead atoms. The number of nitrogens with zero attached hydrogens (tertiary/aromatic N) is 1. The maximum atomic E-state index is 13.2. The molecule has 3 aromatic carbocycles. The lowest BCUT2D eigenvalue weighted by molar-refractivity contribution is 0.0974. The molecule has 0 fully saturated rings. The molecule has 0 saturated heterocycles. The lowest BCUT2D eigenvalue weighted by atomic mass is 9.90. The molecule has 0 aliphatic carbocycles. The summed E-state index contributed by atoms with van der Waals surface area (Å²) in [7, 11) is 0. The zero-order valence-corrected chi connectivity index (χ0v) is 17.1. The molecule has 29 heavy (non-hydrogen) atoms. The smallest absolute Gasteiger partial charge is 0.258 e. The van der Waals surface area contributed by atoms with Gasteiger partial charge in [-0.3, -0.25) is 4.79 Å². The SMILES string of the molecule is CCCc1ccc(NC2CC(C)N(C(=O)c3ccccc3)c3ccccc32)cc1.